The third-order valence-corrected chi connectivity index (χ3v) is 4.27. The fourth-order valence-corrected chi connectivity index (χ4v) is 2.69. The molecule has 0 saturated carbocycles. The van der Waals surface area contributed by atoms with Crippen LogP contribution in [-0.4, -0.2) is 27.8 Å². The van der Waals surface area contributed by atoms with Crippen LogP contribution in [0.3, 0.4) is 0 Å². The van der Waals surface area contributed by atoms with Crippen LogP contribution in [0.4, 0.5) is 13.2 Å². The molecule has 3 aromatic rings. The van der Waals surface area contributed by atoms with Gasteiger partial charge in [0.05, 0.1) is 17.6 Å². The number of esters is 1. The van der Waals surface area contributed by atoms with Crippen molar-refractivity contribution in [2.45, 2.75) is 25.9 Å². The molecule has 0 radical (unpaired) electrons. The maximum absolute atomic E-state index is 12.6. The highest BCUT2D eigenvalue weighted by atomic mass is 19.4. The maximum atomic E-state index is 12.6. The van der Waals surface area contributed by atoms with E-state index in [-0.39, 0.29) is 28.9 Å². The van der Waals surface area contributed by atoms with Crippen LogP contribution >= 0.6 is 0 Å². The molecule has 1 heterocycles. The second kappa shape index (κ2) is 8.48. The molecular formula is C21H18F3NO5. The molecule has 0 aliphatic carbocycles. The summed E-state index contributed by atoms with van der Waals surface area (Å²) in [5.41, 5.74) is -1.22. The Balaban J connectivity index is 1.87. The van der Waals surface area contributed by atoms with Crippen molar-refractivity contribution in [1.29, 1.82) is 0 Å². The van der Waals surface area contributed by atoms with Crippen molar-refractivity contribution in [2.24, 2.45) is 0 Å². The fourth-order valence-electron chi connectivity index (χ4n) is 2.69. The van der Waals surface area contributed by atoms with Crippen LogP contribution in [0.1, 0.15) is 35.8 Å². The number of rotatable bonds is 6. The van der Waals surface area contributed by atoms with Crippen LogP contribution in [0, 0.1) is 0 Å². The summed E-state index contributed by atoms with van der Waals surface area (Å²) < 4.78 is 48.5. The Morgan fingerprint density at radius 2 is 1.70 bits per heavy atom. The zero-order chi connectivity index (χ0) is 21.9. The number of unbranched alkanes of at least 4 members (excludes halogenated alkanes) is 1. The van der Waals surface area contributed by atoms with Gasteiger partial charge in [-0.15, -0.1) is 0 Å². The number of aromatic nitrogens is 1. The minimum atomic E-state index is -4.45. The Labute approximate surface area is 169 Å². The highest BCUT2D eigenvalue weighted by Gasteiger charge is 2.30. The zero-order valence-electron chi connectivity index (χ0n) is 15.9. The summed E-state index contributed by atoms with van der Waals surface area (Å²) in [6.07, 6.45) is -2.99. The van der Waals surface area contributed by atoms with Crippen LogP contribution < -0.4 is 4.74 Å². The van der Waals surface area contributed by atoms with Gasteiger partial charge in [-0.1, -0.05) is 13.3 Å². The SMILES string of the molecule is CCCCOC(=O)c1nc(O)c2cc(Oc3ccc(C(F)(F)F)cc3)ccc2c1O. The highest BCUT2D eigenvalue weighted by molar-refractivity contribution is 6.01. The number of carbonyl (C=O) groups is 1. The van der Waals surface area contributed by atoms with Crippen molar-refractivity contribution in [2.75, 3.05) is 6.61 Å². The second-order valence-electron chi connectivity index (χ2n) is 6.45. The van der Waals surface area contributed by atoms with Crippen molar-refractivity contribution in [3.05, 3.63) is 53.7 Å². The van der Waals surface area contributed by atoms with E-state index in [1.165, 1.54) is 18.2 Å². The van der Waals surface area contributed by atoms with Crippen LogP contribution in [0.5, 0.6) is 23.1 Å². The van der Waals surface area contributed by atoms with Gasteiger partial charge in [-0.3, -0.25) is 0 Å². The van der Waals surface area contributed by atoms with Crippen molar-refractivity contribution in [1.82, 2.24) is 4.98 Å². The number of pyridine rings is 1. The van der Waals surface area contributed by atoms with Crippen molar-refractivity contribution in [3.63, 3.8) is 0 Å². The number of halogens is 3. The molecule has 0 aliphatic heterocycles. The van der Waals surface area contributed by atoms with E-state index in [1.807, 2.05) is 6.92 Å². The molecule has 0 aliphatic rings. The first-order chi connectivity index (χ1) is 14.2. The molecule has 0 unspecified atom stereocenters. The lowest BCUT2D eigenvalue weighted by Crippen LogP contribution is -2.09. The quantitative estimate of drug-likeness (QED) is 0.408. The summed E-state index contributed by atoms with van der Waals surface area (Å²) in [5.74, 6) is -1.50. The molecule has 1 aromatic heterocycles. The monoisotopic (exact) mass is 421 g/mol. The number of aromatic hydroxyl groups is 2. The van der Waals surface area contributed by atoms with E-state index in [2.05, 4.69) is 4.98 Å². The number of hydrogen-bond donors (Lipinski definition) is 2. The summed E-state index contributed by atoms with van der Waals surface area (Å²) in [7, 11) is 0. The first kappa shape index (κ1) is 21.2. The first-order valence-corrected chi connectivity index (χ1v) is 9.08. The molecule has 0 fully saturated rings. The molecule has 9 heteroatoms. The van der Waals surface area contributed by atoms with Gasteiger partial charge in [-0.2, -0.15) is 13.2 Å². The van der Waals surface area contributed by atoms with E-state index in [4.69, 9.17) is 9.47 Å². The summed E-state index contributed by atoms with van der Waals surface area (Å²) in [6, 6.07) is 8.28. The molecule has 2 N–H and O–H groups in total. The number of nitrogens with zero attached hydrogens (tertiary/aromatic N) is 1. The number of ether oxygens (including phenoxy) is 2. The lowest BCUT2D eigenvalue weighted by atomic mass is 10.1. The van der Waals surface area contributed by atoms with Crippen LogP contribution in [0.15, 0.2) is 42.5 Å². The van der Waals surface area contributed by atoms with Gasteiger partial charge in [0, 0.05) is 5.39 Å². The van der Waals surface area contributed by atoms with E-state index >= 15 is 0 Å². The average Bonchev–Trinajstić information content (AvgIpc) is 2.70. The molecule has 0 saturated heterocycles. The normalized spacial score (nSPS) is 11.5. The number of hydrogen-bond acceptors (Lipinski definition) is 6. The van der Waals surface area contributed by atoms with Crippen LogP contribution in [-0.2, 0) is 10.9 Å². The molecular weight excluding hydrogens is 403 g/mol. The molecule has 0 atom stereocenters. The standard InChI is InChI=1S/C21H18F3NO5/c1-2-3-10-29-20(28)17-18(26)15-9-8-14(11-16(15)19(27)25-17)30-13-6-4-12(5-7-13)21(22,23)24/h4-9,11,26H,2-3,10H2,1H3,(H,25,27). The summed E-state index contributed by atoms with van der Waals surface area (Å²) in [5, 5.41) is 20.8. The summed E-state index contributed by atoms with van der Waals surface area (Å²) >= 11 is 0. The van der Waals surface area contributed by atoms with Gasteiger partial charge >= 0.3 is 12.1 Å². The Morgan fingerprint density at radius 3 is 2.33 bits per heavy atom. The van der Waals surface area contributed by atoms with E-state index in [0.29, 0.717) is 6.42 Å². The number of alkyl halides is 3. The van der Waals surface area contributed by atoms with E-state index in [0.717, 1.165) is 30.7 Å². The maximum Gasteiger partial charge on any atom is 0.416 e. The van der Waals surface area contributed by atoms with E-state index in [9.17, 15) is 28.2 Å². The average molecular weight is 421 g/mol. The second-order valence-corrected chi connectivity index (χ2v) is 6.45. The fraction of sp³-hybridized carbons (Fsp3) is 0.238. The molecule has 158 valence electrons. The third kappa shape index (κ3) is 4.56. The van der Waals surface area contributed by atoms with Gasteiger partial charge in [0.1, 0.15) is 11.5 Å². The third-order valence-electron chi connectivity index (χ3n) is 4.27. The van der Waals surface area contributed by atoms with Gasteiger partial charge in [0.15, 0.2) is 11.4 Å². The number of benzene rings is 2. The highest BCUT2D eigenvalue weighted by Crippen LogP contribution is 2.37. The van der Waals surface area contributed by atoms with Crippen molar-refractivity contribution >= 4 is 16.7 Å². The number of carbonyl (C=O) groups excluding carboxylic acids is 1. The predicted octanol–water partition coefficient (Wildman–Crippen LogP) is 5.41. The summed E-state index contributed by atoms with van der Waals surface area (Å²) in [6.45, 7) is 2.09. The Hall–Kier alpha value is -3.49. The molecule has 0 bridgehead atoms. The minimum absolute atomic E-state index is 0.0991. The molecule has 0 spiro atoms. The smallest absolute Gasteiger partial charge is 0.416 e. The Morgan fingerprint density at radius 1 is 1.03 bits per heavy atom. The molecule has 3 rings (SSSR count). The topological polar surface area (TPSA) is 88.9 Å². The van der Waals surface area contributed by atoms with Crippen LogP contribution in [0.2, 0.25) is 0 Å². The molecule has 0 amide bonds. The van der Waals surface area contributed by atoms with Gasteiger partial charge < -0.3 is 19.7 Å². The lowest BCUT2D eigenvalue weighted by molar-refractivity contribution is -0.137. The lowest BCUT2D eigenvalue weighted by Gasteiger charge is -2.12. The predicted molar refractivity (Wildman–Crippen MR) is 102 cm³/mol. The Kier molecular flexibility index (Phi) is 6.00. The Bertz CT molecular complexity index is 1060. The molecule has 30 heavy (non-hydrogen) atoms. The van der Waals surface area contributed by atoms with Gasteiger partial charge in [-0.05, 0) is 48.9 Å². The first-order valence-electron chi connectivity index (χ1n) is 9.08. The largest absolute Gasteiger partial charge is 0.505 e. The van der Waals surface area contributed by atoms with E-state index in [1.54, 1.807) is 0 Å². The van der Waals surface area contributed by atoms with Gasteiger partial charge in [0.25, 0.3) is 0 Å². The summed E-state index contributed by atoms with van der Waals surface area (Å²) in [4.78, 5) is 15.8. The minimum Gasteiger partial charge on any atom is -0.505 e. The number of fused-ring (bicyclic) bond motifs is 1. The van der Waals surface area contributed by atoms with Gasteiger partial charge in [0.2, 0.25) is 5.88 Å². The molecule has 6 nitrogen and oxygen atoms in total. The van der Waals surface area contributed by atoms with Gasteiger partial charge in [-0.25, -0.2) is 9.78 Å². The van der Waals surface area contributed by atoms with E-state index < -0.39 is 35.0 Å². The molecule has 2 aromatic carbocycles. The van der Waals surface area contributed by atoms with Crippen LogP contribution in [0.25, 0.3) is 10.8 Å². The zero-order valence-corrected chi connectivity index (χ0v) is 15.9. The van der Waals surface area contributed by atoms with Crippen molar-refractivity contribution < 1.29 is 37.7 Å². The van der Waals surface area contributed by atoms with Crippen molar-refractivity contribution in [3.8, 4) is 23.1 Å².